The van der Waals surface area contributed by atoms with Gasteiger partial charge >= 0.3 is 17.9 Å². The Kier molecular flexibility index (Phi) is 62.9. The van der Waals surface area contributed by atoms with Crippen molar-refractivity contribution in [2.45, 2.75) is 290 Å². The predicted octanol–water partition coefficient (Wildman–Crippen LogP) is 22.7. The number of hydrogen-bond donors (Lipinski definition) is 0. The molecule has 0 aliphatic heterocycles. The van der Waals surface area contributed by atoms with Crippen LogP contribution in [-0.2, 0) is 28.6 Å². The smallest absolute Gasteiger partial charge is 0.306 e. The molecule has 0 N–H and O–H groups in total. The van der Waals surface area contributed by atoms with Gasteiger partial charge in [-0.3, -0.25) is 14.4 Å². The van der Waals surface area contributed by atoms with E-state index in [1.807, 2.05) is 0 Å². The van der Waals surface area contributed by atoms with Gasteiger partial charge in [0, 0.05) is 19.3 Å². The lowest BCUT2D eigenvalue weighted by atomic mass is 10.0. The molecule has 0 saturated heterocycles. The molecule has 0 fully saturated rings. The van der Waals surface area contributed by atoms with Crippen molar-refractivity contribution in [2.75, 3.05) is 13.2 Å². The lowest BCUT2D eigenvalue weighted by Crippen LogP contribution is -2.30. The highest BCUT2D eigenvalue weighted by atomic mass is 16.6. The van der Waals surface area contributed by atoms with Crippen molar-refractivity contribution in [1.29, 1.82) is 0 Å². The predicted molar refractivity (Wildman–Crippen MR) is 348 cm³/mol. The Hall–Kier alpha value is -4.71. The largest absolute Gasteiger partial charge is 0.462 e. The Morgan fingerprint density at radius 2 is 0.512 bits per heavy atom. The van der Waals surface area contributed by atoms with Gasteiger partial charge in [0.05, 0.1) is 0 Å². The van der Waals surface area contributed by atoms with Crippen LogP contribution in [0.4, 0.5) is 0 Å². The van der Waals surface area contributed by atoms with E-state index in [2.05, 4.69) is 167 Å². The fourth-order valence-corrected chi connectivity index (χ4v) is 8.64. The first kappa shape index (κ1) is 75.3. The highest BCUT2D eigenvalue weighted by Crippen LogP contribution is 2.15. The van der Waals surface area contributed by atoms with Gasteiger partial charge in [0.1, 0.15) is 13.2 Å². The maximum atomic E-state index is 12.9. The molecule has 0 saturated carbocycles. The van der Waals surface area contributed by atoms with Gasteiger partial charge in [-0.05, 0) is 141 Å². The van der Waals surface area contributed by atoms with E-state index in [1.165, 1.54) is 103 Å². The summed E-state index contributed by atoms with van der Waals surface area (Å²) in [5, 5.41) is 0. The van der Waals surface area contributed by atoms with Gasteiger partial charge in [-0.2, -0.15) is 0 Å². The summed E-state index contributed by atoms with van der Waals surface area (Å²) in [7, 11) is 0. The van der Waals surface area contributed by atoms with E-state index in [0.29, 0.717) is 25.7 Å². The van der Waals surface area contributed by atoms with E-state index in [-0.39, 0.29) is 31.1 Å². The molecule has 452 valence electrons. The minimum Gasteiger partial charge on any atom is -0.462 e. The van der Waals surface area contributed by atoms with Gasteiger partial charge in [-0.15, -0.1) is 0 Å². The second kappa shape index (κ2) is 66.8. The monoisotopic (exact) mass is 1100 g/mol. The van der Waals surface area contributed by atoms with Gasteiger partial charge in [0.15, 0.2) is 6.10 Å². The number of rotatable bonds is 58. The van der Waals surface area contributed by atoms with Crippen LogP contribution in [0.1, 0.15) is 284 Å². The average molecular weight is 1110 g/mol. The molecular weight excluding hydrogens is 985 g/mol. The number of allylic oxidation sites excluding steroid dienone is 24. The van der Waals surface area contributed by atoms with Crippen LogP contribution >= 0.6 is 0 Å². The van der Waals surface area contributed by atoms with Crippen LogP contribution in [0.3, 0.4) is 0 Å². The maximum absolute atomic E-state index is 12.9. The summed E-state index contributed by atoms with van der Waals surface area (Å²) in [5.74, 6) is -0.963. The Morgan fingerprint density at radius 3 is 0.850 bits per heavy atom. The topological polar surface area (TPSA) is 78.9 Å². The molecule has 6 nitrogen and oxygen atoms in total. The van der Waals surface area contributed by atoms with Crippen LogP contribution in [0.2, 0.25) is 0 Å². The lowest BCUT2D eigenvalue weighted by molar-refractivity contribution is -0.167. The van der Waals surface area contributed by atoms with E-state index in [9.17, 15) is 14.4 Å². The van der Waals surface area contributed by atoms with Crippen LogP contribution in [0.15, 0.2) is 146 Å². The average Bonchev–Trinajstić information content (AvgIpc) is 3.46. The highest BCUT2D eigenvalue weighted by molar-refractivity contribution is 5.71. The third-order valence-corrected chi connectivity index (χ3v) is 13.5. The number of carbonyl (C=O) groups excluding carboxylic acids is 3. The molecule has 0 heterocycles. The van der Waals surface area contributed by atoms with Gasteiger partial charge in [-0.25, -0.2) is 0 Å². The minimum atomic E-state index is -0.809. The van der Waals surface area contributed by atoms with Crippen molar-refractivity contribution in [3.05, 3.63) is 146 Å². The Balaban J connectivity index is 4.37. The van der Waals surface area contributed by atoms with E-state index in [0.717, 1.165) is 135 Å². The van der Waals surface area contributed by atoms with Crippen LogP contribution in [0.25, 0.3) is 0 Å². The lowest BCUT2D eigenvalue weighted by Gasteiger charge is -2.18. The molecule has 6 heteroatoms. The van der Waals surface area contributed by atoms with Crippen molar-refractivity contribution >= 4 is 17.9 Å². The van der Waals surface area contributed by atoms with E-state index < -0.39 is 6.10 Å². The van der Waals surface area contributed by atoms with Crippen molar-refractivity contribution < 1.29 is 28.6 Å². The summed E-state index contributed by atoms with van der Waals surface area (Å²) >= 11 is 0. The molecule has 0 bridgehead atoms. The molecule has 0 aliphatic carbocycles. The number of esters is 3. The summed E-state index contributed by atoms with van der Waals surface area (Å²) < 4.78 is 16.9. The molecule has 0 spiro atoms. The van der Waals surface area contributed by atoms with Crippen LogP contribution in [0.5, 0.6) is 0 Å². The normalized spacial score (nSPS) is 13.1. The second-order valence-electron chi connectivity index (χ2n) is 21.3. The molecule has 0 radical (unpaired) electrons. The molecule has 0 amide bonds. The van der Waals surface area contributed by atoms with Crippen molar-refractivity contribution in [3.63, 3.8) is 0 Å². The zero-order valence-corrected chi connectivity index (χ0v) is 51.8. The summed E-state index contributed by atoms with van der Waals surface area (Å²) in [6.45, 7) is 6.41. The first-order chi connectivity index (χ1) is 39.5. The molecular formula is C74H120O6. The maximum Gasteiger partial charge on any atom is 0.306 e. The first-order valence-electron chi connectivity index (χ1n) is 32.8. The van der Waals surface area contributed by atoms with Gasteiger partial charge in [-0.1, -0.05) is 269 Å². The fraction of sp³-hybridized carbons (Fsp3) is 0.635. The fourth-order valence-electron chi connectivity index (χ4n) is 8.64. The van der Waals surface area contributed by atoms with Gasteiger partial charge < -0.3 is 14.2 Å². The summed E-state index contributed by atoms with van der Waals surface area (Å²) in [6.07, 6.45) is 95.8. The standard InChI is InChI=1S/C74H120O6/c1-4-7-10-13-16-19-22-24-26-28-30-32-34-36-37-39-40-42-44-46-48-50-52-55-58-61-64-67-73(76)79-70-71(69-78-72(75)66-63-60-57-54-21-18-15-12-9-6-3)80-74(77)68-65-62-59-56-53-51-49-47-45-43-41-38-35-33-31-29-27-25-23-20-17-14-11-8-5-2/h7,10,12,15-16,19,23-26,29-32,35-38,40,42,46,48,52,55,71H,4-6,8-9,11,13-14,17-18,20-22,27-28,33-34,39,41,43-45,47,49-51,53-54,56-70H2,1-3H3/b10-7-,15-12-,19-16-,25-23-,26-24-,31-29-,32-30-,37-36-,38-35-,42-40-,48-46-,55-52-. The quantitative estimate of drug-likeness (QED) is 0.0261. The van der Waals surface area contributed by atoms with Crippen LogP contribution < -0.4 is 0 Å². The second-order valence-corrected chi connectivity index (χ2v) is 21.3. The molecule has 1 atom stereocenters. The van der Waals surface area contributed by atoms with E-state index in [4.69, 9.17) is 14.2 Å². The number of hydrogen-bond acceptors (Lipinski definition) is 6. The zero-order chi connectivity index (χ0) is 57.8. The van der Waals surface area contributed by atoms with Crippen molar-refractivity contribution in [1.82, 2.24) is 0 Å². The highest BCUT2D eigenvalue weighted by Gasteiger charge is 2.19. The van der Waals surface area contributed by atoms with E-state index >= 15 is 0 Å². The van der Waals surface area contributed by atoms with Gasteiger partial charge in [0.25, 0.3) is 0 Å². The van der Waals surface area contributed by atoms with Gasteiger partial charge in [0.2, 0.25) is 0 Å². The summed E-state index contributed by atoms with van der Waals surface area (Å²) in [4.78, 5) is 38.2. The van der Waals surface area contributed by atoms with Crippen molar-refractivity contribution in [2.24, 2.45) is 0 Å². The molecule has 1 unspecified atom stereocenters. The minimum absolute atomic E-state index is 0.103. The zero-order valence-electron chi connectivity index (χ0n) is 51.8. The molecule has 0 rings (SSSR count). The summed E-state index contributed by atoms with van der Waals surface area (Å²) in [5.41, 5.74) is 0. The Bertz CT molecular complexity index is 1750. The van der Waals surface area contributed by atoms with Crippen molar-refractivity contribution in [3.8, 4) is 0 Å². The molecule has 0 aromatic rings. The molecule has 0 aromatic carbocycles. The number of unbranched alkanes of at least 4 members (excludes halogenated alkanes) is 23. The third kappa shape index (κ3) is 64.1. The van der Waals surface area contributed by atoms with Crippen LogP contribution in [0, 0.1) is 0 Å². The SMILES string of the molecule is CC/C=C\C/C=C\C/C=C\C/C=C\C/C=C\C/C=C\C/C=C\C/C=C\CCCCC(=O)OCC(COC(=O)CCCCCCC/C=C\CCC)OC(=O)CCCCCCCCCCCC/C=C\C/C=C\C/C=C\CCCCCCC. The molecule has 0 aromatic heterocycles. The summed E-state index contributed by atoms with van der Waals surface area (Å²) in [6, 6.07) is 0. The van der Waals surface area contributed by atoms with Crippen LogP contribution in [-0.4, -0.2) is 37.2 Å². The van der Waals surface area contributed by atoms with E-state index in [1.54, 1.807) is 0 Å². The third-order valence-electron chi connectivity index (χ3n) is 13.5. The first-order valence-corrected chi connectivity index (χ1v) is 32.8. The Morgan fingerprint density at radius 1 is 0.263 bits per heavy atom. The molecule has 80 heavy (non-hydrogen) atoms. The molecule has 0 aliphatic rings. The number of carbonyl (C=O) groups is 3. The Labute approximate surface area is 493 Å². The number of ether oxygens (including phenoxy) is 3.